The fraction of sp³-hybridized carbons (Fsp3) is 0.267. The van der Waals surface area contributed by atoms with Gasteiger partial charge in [-0.05, 0) is 48.0 Å². The van der Waals surface area contributed by atoms with Crippen LogP contribution in [-0.4, -0.2) is 56.4 Å². The summed E-state index contributed by atoms with van der Waals surface area (Å²) in [7, 11) is 1.62. The van der Waals surface area contributed by atoms with E-state index in [0.717, 1.165) is 44.1 Å². The Balaban J connectivity index is 1.35. The van der Waals surface area contributed by atoms with E-state index in [2.05, 4.69) is 26.6 Å². The minimum Gasteiger partial charge on any atom is -0.493 e. The molecule has 8 nitrogen and oxygen atoms in total. The Hall–Kier alpha value is -3.81. The summed E-state index contributed by atoms with van der Waals surface area (Å²) in [5, 5.41) is 17.3. The van der Waals surface area contributed by atoms with Crippen LogP contribution in [0, 0.1) is 17.1 Å². The van der Waals surface area contributed by atoms with Gasteiger partial charge in [0.25, 0.3) is 0 Å². The van der Waals surface area contributed by atoms with Crippen molar-refractivity contribution in [2.45, 2.75) is 6.54 Å². The molecule has 1 fully saturated rings. The van der Waals surface area contributed by atoms with Gasteiger partial charge in [0.2, 0.25) is 0 Å². The Bertz CT molecular complexity index is 1590. The van der Waals surface area contributed by atoms with Crippen LogP contribution in [0.4, 0.5) is 21.5 Å². The van der Waals surface area contributed by atoms with Crippen LogP contribution in [0.3, 0.4) is 0 Å². The predicted molar refractivity (Wildman–Crippen MR) is 159 cm³/mol. The lowest BCUT2D eigenvalue weighted by atomic mass is 10.1. The summed E-state index contributed by atoms with van der Waals surface area (Å²) in [4.78, 5) is 6.70. The van der Waals surface area contributed by atoms with E-state index in [1.807, 2.05) is 24.3 Å². The maximum Gasteiger partial charge on any atom is 0.161 e. The largest absolute Gasteiger partial charge is 0.493 e. The normalized spacial score (nSPS) is 13.5. The number of ether oxygens (including phenoxy) is 3. The monoisotopic (exact) mass is 595 g/mol. The Morgan fingerprint density at radius 2 is 1.85 bits per heavy atom. The number of anilines is 3. The van der Waals surface area contributed by atoms with Crippen LogP contribution >= 0.6 is 23.2 Å². The van der Waals surface area contributed by atoms with Crippen molar-refractivity contribution in [1.82, 2.24) is 9.88 Å². The third-order valence-electron chi connectivity index (χ3n) is 6.73. The average molecular weight is 596 g/mol. The number of rotatable bonds is 10. The summed E-state index contributed by atoms with van der Waals surface area (Å²) >= 11 is 12.6. The smallest absolute Gasteiger partial charge is 0.161 e. The van der Waals surface area contributed by atoms with Crippen LogP contribution in [0.15, 0.2) is 54.7 Å². The number of pyridine rings is 1. The van der Waals surface area contributed by atoms with Gasteiger partial charge in [-0.3, -0.25) is 9.88 Å². The number of nitrogens with one attached hydrogen (secondary N) is 2. The standard InChI is InChI=1S/C30H28Cl2FN5O3/c1-39-27-5-2-19(12-28(27)41-11-8-38-6-9-40-10-7-38)17-35-22-13-23-29(37-21-3-4-26(33)24(31)14-21)20(16-34)18-36-30(23)25(32)15-22/h2-5,12-15,18,35H,6-11,17H2,1H3,(H,36,37). The van der Waals surface area contributed by atoms with Gasteiger partial charge in [-0.1, -0.05) is 29.3 Å². The number of aromatic nitrogens is 1. The van der Waals surface area contributed by atoms with E-state index in [1.165, 1.54) is 18.3 Å². The third kappa shape index (κ3) is 6.92. The lowest BCUT2D eigenvalue weighted by Gasteiger charge is -2.26. The van der Waals surface area contributed by atoms with Crippen molar-refractivity contribution < 1.29 is 18.6 Å². The van der Waals surface area contributed by atoms with Gasteiger partial charge in [0.1, 0.15) is 18.5 Å². The maximum absolute atomic E-state index is 13.7. The SMILES string of the molecule is COc1ccc(CNc2cc(Cl)c3ncc(C#N)c(Nc4ccc(F)c(Cl)c4)c3c2)cc1OCCN1CCOCC1. The summed E-state index contributed by atoms with van der Waals surface area (Å²) < 4.78 is 30.7. The molecule has 0 saturated carbocycles. The van der Waals surface area contributed by atoms with Gasteiger partial charge < -0.3 is 24.8 Å². The molecule has 0 amide bonds. The van der Waals surface area contributed by atoms with Gasteiger partial charge in [0.15, 0.2) is 11.5 Å². The average Bonchev–Trinajstić information content (AvgIpc) is 2.99. The number of morpholine rings is 1. The van der Waals surface area contributed by atoms with Crippen molar-refractivity contribution in [3.63, 3.8) is 0 Å². The molecule has 0 atom stereocenters. The summed E-state index contributed by atoms with van der Waals surface area (Å²) in [5.41, 5.74) is 3.55. The molecule has 11 heteroatoms. The molecule has 212 valence electrons. The first kappa shape index (κ1) is 28.7. The molecular weight excluding hydrogens is 568 g/mol. The minimum absolute atomic E-state index is 0.0313. The van der Waals surface area contributed by atoms with E-state index in [4.69, 9.17) is 37.4 Å². The zero-order chi connectivity index (χ0) is 28.8. The van der Waals surface area contributed by atoms with Crippen molar-refractivity contribution in [3.8, 4) is 17.6 Å². The van der Waals surface area contributed by atoms with E-state index in [-0.39, 0.29) is 5.02 Å². The van der Waals surface area contributed by atoms with Crippen LogP contribution in [0.2, 0.25) is 10.0 Å². The van der Waals surface area contributed by atoms with E-state index < -0.39 is 5.82 Å². The second-order valence-corrected chi connectivity index (χ2v) is 10.2. The zero-order valence-electron chi connectivity index (χ0n) is 22.3. The second kappa shape index (κ2) is 13.2. The molecule has 1 saturated heterocycles. The van der Waals surface area contributed by atoms with E-state index >= 15 is 0 Å². The van der Waals surface area contributed by atoms with Crippen molar-refractivity contribution in [3.05, 3.63) is 81.7 Å². The number of hydrogen-bond acceptors (Lipinski definition) is 8. The highest BCUT2D eigenvalue weighted by Crippen LogP contribution is 2.36. The molecule has 5 rings (SSSR count). The van der Waals surface area contributed by atoms with E-state index in [1.54, 1.807) is 19.2 Å². The zero-order valence-corrected chi connectivity index (χ0v) is 23.9. The highest BCUT2D eigenvalue weighted by molar-refractivity contribution is 6.36. The first-order valence-electron chi connectivity index (χ1n) is 13.0. The maximum atomic E-state index is 13.7. The molecule has 0 spiro atoms. The highest BCUT2D eigenvalue weighted by Gasteiger charge is 2.15. The van der Waals surface area contributed by atoms with E-state index in [9.17, 15) is 9.65 Å². The Kier molecular flexibility index (Phi) is 9.27. The number of nitriles is 1. The van der Waals surface area contributed by atoms with Gasteiger partial charge in [-0.2, -0.15) is 5.26 Å². The molecule has 0 bridgehead atoms. The fourth-order valence-corrected chi connectivity index (χ4v) is 5.01. The van der Waals surface area contributed by atoms with Crippen molar-refractivity contribution in [1.29, 1.82) is 5.26 Å². The molecular formula is C30H28Cl2FN5O3. The van der Waals surface area contributed by atoms with Gasteiger partial charge in [-0.25, -0.2) is 4.39 Å². The van der Waals surface area contributed by atoms with Crippen LogP contribution in [0.5, 0.6) is 11.5 Å². The molecule has 2 heterocycles. The topological polar surface area (TPSA) is 91.7 Å². The summed E-state index contributed by atoms with van der Waals surface area (Å²) in [6, 6.07) is 15.9. The molecule has 2 N–H and O–H groups in total. The molecule has 1 aliphatic heterocycles. The number of fused-ring (bicyclic) bond motifs is 1. The second-order valence-electron chi connectivity index (χ2n) is 9.41. The molecule has 1 aliphatic rings. The van der Waals surface area contributed by atoms with Crippen LogP contribution in [0.1, 0.15) is 11.1 Å². The molecule has 41 heavy (non-hydrogen) atoms. The first-order chi connectivity index (χ1) is 19.9. The minimum atomic E-state index is -0.531. The Labute approximate surface area is 247 Å². The van der Waals surface area contributed by atoms with Crippen molar-refractivity contribution in [2.75, 3.05) is 57.2 Å². The molecule has 0 radical (unpaired) electrons. The Morgan fingerprint density at radius 1 is 1.05 bits per heavy atom. The molecule has 3 aromatic carbocycles. The predicted octanol–water partition coefficient (Wildman–Crippen LogP) is 6.63. The van der Waals surface area contributed by atoms with Gasteiger partial charge in [0.05, 0.1) is 47.1 Å². The lowest BCUT2D eigenvalue weighted by molar-refractivity contribution is 0.0321. The molecule has 0 unspecified atom stereocenters. The molecule has 0 aliphatic carbocycles. The molecule has 1 aromatic heterocycles. The quantitative estimate of drug-likeness (QED) is 0.211. The van der Waals surface area contributed by atoms with Crippen molar-refractivity contribution >= 4 is 51.2 Å². The number of hydrogen-bond donors (Lipinski definition) is 2. The van der Waals surface area contributed by atoms with Crippen molar-refractivity contribution in [2.24, 2.45) is 0 Å². The van der Waals surface area contributed by atoms with Gasteiger partial charge in [0, 0.05) is 49.1 Å². The third-order valence-corrected chi connectivity index (χ3v) is 7.31. The first-order valence-corrected chi connectivity index (χ1v) is 13.8. The van der Waals surface area contributed by atoms with Gasteiger partial charge >= 0.3 is 0 Å². The van der Waals surface area contributed by atoms with Crippen LogP contribution < -0.4 is 20.1 Å². The Morgan fingerprint density at radius 3 is 2.61 bits per heavy atom. The van der Waals surface area contributed by atoms with Gasteiger partial charge in [-0.15, -0.1) is 0 Å². The number of halogens is 3. The molecule has 4 aromatic rings. The number of benzene rings is 3. The summed E-state index contributed by atoms with van der Waals surface area (Å²) in [6.45, 7) is 5.12. The fourth-order valence-electron chi connectivity index (χ4n) is 4.56. The van der Waals surface area contributed by atoms with Crippen LogP contribution in [0.25, 0.3) is 10.9 Å². The number of methoxy groups -OCH3 is 1. The van der Waals surface area contributed by atoms with E-state index in [0.29, 0.717) is 57.5 Å². The summed E-state index contributed by atoms with van der Waals surface area (Å²) in [5.74, 6) is 0.802. The lowest BCUT2D eigenvalue weighted by Crippen LogP contribution is -2.38. The number of nitrogens with zero attached hydrogens (tertiary/aromatic N) is 3. The van der Waals surface area contributed by atoms with Crippen LogP contribution in [-0.2, 0) is 11.3 Å². The summed E-state index contributed by atoms with van der Waals surface area (Å²) in [6.07, 6.45) is 1.45. The highest BCUT2D eigenvalue weighted by atomic mass is 35.5.